The van der Waals surface area contributed by atoms with E-state index in [0.29, 0.717) is 24.3 Å². The highest BCUT2D eigenvalue weighted by atomic mass is 15.4. The summed E-state index contributed by atoms with van der Waals surface area (Å²) in [6, 6.07) is 1.77. The van der Waals surface area contributed by atoms with Gasteiger partial charge in [0.1, 0.15) is 6.33 Å². The van der Waals surface area contributed by atoms with Gasteiger partial charge < -0.3 is 11.1 Å². The molecular formula is C10H12N10. The molecule has 3 rings (SSSR count). The lowest BCUT2D eigenvalue weighted by Gasteiger charge is -2.05. The van der Waals surface area contributed by atoms with Gasteiger partial charge in [-0.2, -0.15) is 25.1 Å². The maximum Gasteiger partial charge on any atom is 0.257 e. The van der Waals surface area contributed by atoms with Gasteiger partial charge in [-0.1, -0.05) is 0 Å². The number of nitrogens with two attached hydrogens (primary N) is 1. The molecule has 3 N–H and O–H groups in total. The molecule has 20 heavy (non-hydrogen) atoms. The van der Waals surface area contributed by atoms with Crippen LogP contribution in [0.3, 0.4) is 0 Å². The summed E-state index contributed by atoms with van der Waals surface area (Å²) >= 11 is 0. The van der Waals surface area contributed by atoms with Crippen molar-refractivity contribution < 1.29 is 0 Å². The molecule has 0 aliphatic rings. The number of hydrogen-bond donors (Lipinski definition) is 2. The van der Waals surface area contributed by atoms with Crippen molar-refractivity contribution in [2.45, 2.75) is 6.54 Å². The Morgan fingerprint density at radius 2 is 2.20 bits per heavy atom. The summed E-state index contributed by atoms with van der Waals surface area (Å²) in [5.74, 6) is 1.43. The number of nitrogens with zero attached hydrogens (tertiary/aromatic N) is 8. The fourth-order valence-corrected chi connectivity index (χ4v) is 1.57. The Labute approximate surface area is 113 Å². The van der Waals surface area contributed by atoms with Crippen molar-refractivity contribution >= 4 is 11.9 Å². The normalized spacial score (nSPS) is 10.7. The second-order valence-corrected chi connectivity index (χ2v) is 3.96. The Morgan fingerprint density at radius 1 is 1.30 bits per heavy atom. The summed E-state index contributed by atoms with van der Waals surface area (Å²) < 4.78 is 3.12. The van der Waals surface area contributed by atoms with E-state index in [2.05, 4.69) is 35.5 Å². The van der Waals surface area contributed by atoms with Gasteiger partial charge in [0, 0.05) is 19.4 Å². The molecule has 0 saturated heterocycles. The predicted octanol–water partition coefficient (Wildman–Crippen LogP) is -0.620. The van der Waals surface area contributed by atoms with Crippen molar-refractivity contribution in [1.82, 2.24) is 39.5 Å². The van der Waals surface area contributed by atoms with Gasteiger partial charge in [0.05, 0.1) is 6.54 Å². The van der Waals surface area contributed by atoms with E-state index >= 15 is 0 Å². The minimum absolute atomic E-state index is 0.113. The summed E-state index contributed by atoms with van der Waals surface area (Å²) in [7, 11) is 1.80. The smallest absolute Gasteiger partial charge is 0.257 e. The number of hydrogen-bond acceptors (Lipinski definition) is 8. The molecule has 3 aromatic rings. The van der Waals surface area contributed by atoms with E-state index in [0.717, 1.165) is 0 Å². The second-order valence-electron chi connectivity index (χ2n) is 3.96. The summed E-state index contributed by atoms with van der Waals surface area (Å²) in [5, 5.41) is 11.2. The molecule has 0 aliphatic carbocycles. The van der Waals surface area contributed by atoms with E-state index in [4.69, 9.17) is 5.73 Å². The number of aryl methyl sites for hydroxylation is 1. The Hall–Kier alpha value is -3.04. The number of nitrogen functional groups attached to an aromatic ring is 1. The van der Waals surface area contributed by atoms with E-state index in [9.17, 15) is 0 Å². The minimum Gasteiger partial charge on any atom is -0.368 e. The monoisotopic (exact) mass is 272 g/mol. The van der Waals surface area contributed by atoms with Crippen LogP contribution in [0.2, 0.25) is 0 Å². The predicted molar refractivity (Wildman–Crippen MR) is 69.7 cm³/mol. The van der Waals surface area contributed by atoms with Crippen LogP contribution in [0.5, 0.6) is 0 Å². The van der Waals surface area contributed by atoms with Crippen LogP contribution in [-0.2, 0) is 13.6 Å². The zero-order chi connectivity index (χ0) is 13.9. The van der Waals surface area contributed by atoms with Gasteiger partial charge in [0.25, 0.3) is 5.95 Å². The lowest BCUT2D eigenvalue weighted by molar-refractivity contribution is 0.745. The number of aromatic nitrogens is 8. The number of rotatable bonds is 4. The van der Waals surface area contributed by atoms with Crippen molar-refractivity contribution in [2.24, 2.45) is 7.05 Å². The summed E-state index contributed by atoms with van der Waals surface area (Å²) in [6.07, 6.45) is 4.97. The van der Waals surface area contributed by atoms with Gasteiger partial charge in [-0.05, 0) is 6.07 Å². The molecule has 0 saturated carbocycles. The van der Waals surface area contributed by atoms with Crippen LogP contribution in [0.4, 0.5) is 11.9 Å². The first-order chi connectivity index (χ1) is 9.70. The van der Waals surface area contributed by atoms with Crippen LogP contribution in [0, 0.1) is 0 Å². The first kappa shape index (κ1) is 12.0. The highest BCUT2D eigenvalue weighted by Crippen LogP contribution is 2.06. The van der Waals surface area contributed by atoms with E-state index in [1.807, 2.05) is 0 Å². The van der Waals surface area contributed by atoms with Crippen molar-refractivity contribution in [3.8, 4) is 5.95 Å². The summed E-state index contributed by atoms with van der Waals surface area (Å²) in [4.78, 5) is 16.3. The zero-order valence-electron chi connectivity index (χ0n) is 10.7. The van der Waals surface area contributed by atoms with E-state index < -0.39 is 0 Å². The quantitative estimate of drug-likeness (QED) is 0.643. The van der Waals surface area contributed by atoms with E-state index in [1.54, 1.807) is 36.5 Å². The van der Waals surface area contributed by atoms with Crippen LogP contribution in [0.15, 0.2) is 24.8 Å². The molecule has 10 heteroatoms. The summed E-state index contributed by atoms with van der Waals surface area (Å²) in [6.45, 7) is 0.392. The van der Waals surface area contributed by atoms with Crippen molar-refractivity contribution in [1.29, 1.82) is 0 Å². The largest absolute Gasteiger partial charge is 0.368 e. The topological polar surface area (TPSA) is 125 Å². The molecule has 0 aromatic carbocycles. The molecule has 0 aliphatic heterocycles. The van der Waals surface area contributed by atoms with Crippen molar-refractivity contribution in [2.75, 3.05) is 11.1 Å². The molecule has 0 amide bonds. The van der Waals surface area contributed by atoms with E-state index in [1.165, 1.54) is 4.68 Å². The fourth-order valence-electron chi connectivity index (χ4n) is 1.57. The Balaban J connectivity index is 1.79. The lowest BCUT2D eigenvalue weighted by Crippen LogP contribution is -2.12. The molecular weight excluding hydrogens is 260 g/mol. The fraction of sp³-hybridized carbons (Fsp3) is 0.200. The average Bonchev–Trinajstić information content (AvgIpc) is 3.07. The van der Waals surface area contributed by atoms with Gasteiger partial charge in [-0.25, -0.2) is 9.67 Å². The molecule has 3 heterocycles. The number of anilines is 2. The standard InChI is InChI=1S/C10H12N10/c1-19-6-13-7(18-19)5-12-9-15-8(11)16-10(17-9)20-4-2-3-14-20/h2-4,6H,5H2,1H3,(H3,11,12,15,16,17). The third-order valence-electron chi connectivity index (χ3n) is 2.40. The third kappa shape index (κ3) is 2.53. The molecule has 0 spiro atoms. The molecule has 0 atom stereocenters. The minimum atomic E-state index is 0.113. The SMILES string of the molecule is Cn1cnc(CNc2nc(N)nc(-n3cccn3)n2)n1. The highest BCUT2D eigenvalue weighted by Gasteiger charge is 2.07. The van der Waals surface area contributed by atoms with Gasteiger partial charge >= 0.3 is 0 Å². The van der Waals surface area contributed by atoms with Gasteiger partial charge in [-0.3, -0.25) is 4.68 Å². The Morgan fingerprint density at radius 3 is 2.90 bits per heavy atom. The first-order valence-corrected chi connectivity index (χ1v) is 5.80. The maximum atomic E-state index is 5.66. The second kappa shape index (κ2) is 4.91. The molecule has 0 radical (unpaired) electrons. The molecule has 10 nitrogen and oxygen atoms in total. The van der Waals surface area contributed by atoms with Crippen LogP contribution in [0.25, 0.3) is 5.95 Å². The van der Waals surface area contributed by atoms with Crippen LogP contribution in [-0.4, -0.2) is 39.5 Å². The molecule has 3 aromatic heterocycles. The first-order valence-electron chi connectivity index (χ1n) is 5.80. The van der Waals surface area contributed by atoms with Crippen molar-refractivity contribution in [3.05, 3.63) is 30.6 Å². The molecule has 0 unspecified atom stereocenters. The average molecular weight is 272 g/mol. The van der Waals surface area contributed by atoms with Crippen molar-refractivity contribution in [3.63, 3.8) is 0 Å². The van der Waals surface area contributed by atoms with Gasteiger partial charge in [-0.15, -0.1) is 0 Å². The molecule has 102 valence electrons. The lowest BCUT2D eigenvalue weighted by atomic mass is 10.6. The Kier molecular flexibility index (Phi) is 2.95. The van der Waals surface area contributed by atoms with E-state index in [-0.39, 0.29) is 5.95 Å². The zero-order valence-corrected chi connectivity index (χ0v) is 10.7. The van der Waals surface area contributed by atoms with Crippen LogP contribution < -0.4 is 11.1 Å². The number of nitrogens with one attached hydrogen (secondary N) is 1. The Bertz CT molecular complexity index is 701. The van der Waals surface area contributed by atoms with Gasteiger partial charge in [0.2, 0.25) is 11.9 Å². The summed E-state index contributed by atoms with van der Waals surface area (Å²) in [5.41, 5.74) is 5.66. The highest BCUT2D eigenvalue weighted by molar-refractivity contribution is 5.34. The van der Waals surface area contributed by atoms with Gasteiger partial charge in [0.15, 0.2) is 5.82 Å². The molecule has 0 fully saturated rings. The van der Waals surface area contributed by atoms with Crippen LogP contribution >= 0.6 is 0 Å². The maximum absolute atomic E-state index is 5.66. The molecule has 0 bridgehead atoms. The van der Waals surface area contributed by atoms with Crippen LogP contribution in [0.1, 0.15) is 5.82 Å². The third-order valence-corrected chi connectivity index (χ3v) is 2.40.